The van der Waals surface area contributed by atoms with E-state index in [0.29, 0.717) is 11.5 Å². The molecular weight excluding hydrogens is 643 g/mol. The molecule has 0 N–H and O–H groups in total. The minimum absolute atomic E-state index is 0.415. The number of rotatable bonds is 5. The molecule has 53 heavy (non-hydrogen) atoms. The van der Waals surface area contributed by atoms with Gasteiger partial charge in [0.25, 0.3) is 0 Å². The Hall–Kier alpha value is -6.63. The molecule has 0 aliphatic heterocycles. The fraction of sp³-hybridized carbons (Fsp3) is 0.100. The van der Waals surface area contributed by atoms with Crippen LogP contribution in [0.1, 0.15) is 54.5 Å². The maximum Gasteiger partial charge on any atom is 0.0992 e. The van der Waals surface area contributed by atoms with E-state index in [2.05, 4.69) is 168 Å². The Balaban J connectivity index is 1.07. The van der Waals surface area contributed by atoms with Gasteiger partial charge in [-0.05, 0) is 107 Å². The molecule has 8 aromatic rings. The van der Waals surface area contributed by atoms with Gasteiger partial charge in [0.1, 0.15) is 0 Å². The molecule has 252 valence electrons. The lowest BCUT2D eigenvalue weighted by Gasteiger charge is -2.22. The molecule has 2 heterocycles. The first kappa shape index (κ1) is 31.1. The third-order valence-corrected chi connectivity index (χ3v) is 11.2. The van der Waals surface area contributed by atoms with E-state index >= 15 is 0 Å². The van der Waals surface area contributed by atoms with Gasteiger partial charge >= 0.3 is 0 Å². The van der Waals surface area contributed by atoms with E-state index in [9.17, 15) is 5.26 Å². The standard InChI is InChI=1S/C50H37N3/c1-33-10-7-18-44-46-31-40(39-24-26-48-45(30-39)43-17-5-6-19-47(43)52(48)41-15-8-11-34(28-41)32-51)25-27-49(46)53(50(33)44)42-16-9-14-38(29-42)37-22-20-36(21-23-37)35-12-3-2-4-13-35/h2-8,11-13,15-31,33H,9-10,14H2,1H3. The van der Waals surface area contributed by atoms with E-state index in [1.807, 2.05) is 18.2 Å². The maximum absolute atomic E-state index is 9.62. The van der Waals surface area contributed by atoms with Crippen LogP contribution < -0.4 is 0 Å². The number of para-hydroxylation sites is 1. The summed E-state index contributed by atoms with van der Waals surface area (Å²) in [6.45, 7) is 2.37. The fourth-order valence-corrected chi connectivity index (χ4v) is 8.68. The Bertz CT molecular complexity index is 2870. The highest BCUT2D eigenvalue weighted by atomic mass is 15.0. The molecule has 1 atom stereocenters. The molecule has 0 radical (unpaired) electrons. The monoisotopic (exact) mass is 679 g/mol. The summed E-state index contributed by atoms with van der Waals surface area (Å²) in [5.74, 6) is 0.415. The van der Waals surface area contributed by atoms with Crippen LogP contribution in [0.15, 0.2) is 158 Å². The second kappa shape index (κ2) is 12.5. The molecule has 0 bridgehead atoms. The van der Waals surface area contributed by atoms with E-state index in [0.717, 1.165) is 36.0 Å². The average molecular weight is 680 g/mol. The van der Waals surface area contributed by atoms with Gasteiger partial charge in [-0.15, -0.1) is 0 Å². The van der Waals surface area contributed by atoms with Gasteiger partial charge in [0.2, 0.25) is 0 Å². The number of benzene rings is 6. The summed E-state index contributed by atoms with van der Waals surface area (Å²) in [5, 5.41) is 13.3. The van der Waals surface area contributed by atoms with Crippen LogP contribution in [0.5, 0.6) is 0 Å². The van der Waals surface area contributed by atoms with Gasteiger partial charge in [0.15, 0.2) is 0 Å². The molecule has 0 amide bonds. The van der Waals surface area contributed by atoms with E-state index in [-0.39, 0.29) is 0 Å². The van der Waals surface area contributed by atoms with Crippen molar-refractivity contribution in [3.05, 3.63) is 180 Å². The van der Waals surface area contributed by atoms with Gasteiger partial charge in [-0.1, -0.05) is 116 Å². The second-order valence-electron chi connectivity index (χ2n) is 14.4. The van der Waals surface area contributed by atoms with E-state index in [1.165, 1.54) is 72.0 Å². The Morgan fingerprint density at radius 2 is 1.28 bits per heavy atom. The average Bonchev–Trinajstić information content (AvgIpc) is 3.74. The van der Waals surface area contributed by atoms with Gasteiger partial charge in [-0.3, -0.25) is 0 Å². The molecule has 6 aromatic carbocycles. The van der Waals surface area contributed by atoms with Crippen LogP contribution in [-0.4, -0.2) is 9.13 Å². The lowest BCUT2D eigenvalue weighted by molar-refractivity contribution is 0.727. The topological polar surface area (TPSA) is 33.6 Å². The molecule has 2 aromatic heterocycles. The van der Waals surface area contributed by atoms with Crippen LogP contribution in [0.25, 0.3) is 78.0 Å². The zero-order chi connectivity index (χ0) is 35.5. The van der Waals surface area contributed by atoms with Crippen molar-refractivity contribution in [1.82, 2.24) is 9.13 Å². The van der Waals surface area contributed by atoms with Crippen molar-refractivity contribution in [2.24, 2.45) is 0 Å². The Morgan fingerprint density at radius 1 is 0.604 bits per heavy atom. The lowest BCUT2D eigenvalue weighted by Crippen LogP contribution is -2.09. The number of hydrogen-bond acceptors (Lipinski definition) is 1. The highest BCUT2D eigenvalue weighted by Gasteiger charge is 2.25. The normalized spacial score (nSPS) is 15.4. The highest BCUT2D eigenvalue weighted by Crippen LogP contribution is 2.43. The summed E-state index contributed by atoms with van der Waals surface area (Å²) in [7, 11) is 0. The molecule has 2 aliphatic rings. The smallest absolute Gasteiger partial charge is 0.0992 e. The molecule has 0 spiro atoms. The summed E-state index contributed by atoms with van der Waals surface area (Å²) < 4.78 is 4.82. The van der Waals surface area contributed by atoms with Gasteiger partial charge in [0.05, 0.1) is 28.2 Å². The number of aromatic nitrogens is 2. The van der Waals surface area contributed by atoms with Gasteiger partial charge in [-0.25, -0.2) is 0 Å². The molecule has 3 nitrogen and oxygen atoms in total. The van der Waals surface area contributed by atoms with Crippen LogP contribution in [-0.2, 0) is 0 Å². The summed E-state index contributed by atoms with van der Waals surface area (Å²) in [5.41, 5.74) is 16.8. The largest absolute Gasteiger partial charge is 0.313 e. The van der Waals surface area contributed by atoms with Crippen LogP contribution in [0.3, 0.4) is 0 Å². The first-order valence-corrected chi connectivity index (χ1v) is 18.6. The van der Waals surface area contributed by atoms with Gasteiger partial charge in [-0.2, -0.15) is 5.26 Å². The van der Waals surface area contributed by atoms with Crippen molar-refractivity contribution in [2.45, 2.75) is 32.1 Å². The van der Waals surface area contributed by atoms with E-state index < -0.39 is 0 Å². The van der Waals surface area contributed by atoms with Crippen LogP contribution >= 0.6 is 0 Å². The summed E-state index contributed by atoms with van der Waals surface area (Å²) >= 11 is 0. The number of allylic oxidation sites excluding steroid dienone is 5. The van der Waals surface area contributed by atoms with Crippen LogP contribution in [0.2, 0.25) is 0 Å². The van der Waals surface area contributed by atoms with E-state index in [1.54, 1.807) is 0 Å². The highest BCUT2D eigenvalue weighted by molar-refractivity contribution is 6.11. The summed E-state index contributed by atoms with van der Waals surface area (Å²) in [6, 6.07) is 52.3. The summed E-state index contributed by atoms with van der Waals surface area (Å²) in [4.78, 5) is 0. The number of nitrogens with zero attached hydrogens (tertiary/aromatic N) is 3. The molecule has 0 saturated carbocycles. The van der Waals surface area contributed by atoms with Crippen LogP contribution in [0.4, 0.5) is 0 Å². The molecular formula is C50H37N3. The van der Waals surface area contributed by atoms with E-state index in [4.69, 9.17) is 0 Å². The number of fused-ring (bicyclic) bond motifs is 6. The van der Waals surface area contributed by atoms with Crippen molar-refractivity contribution < 1.29 is 0 Å². The molecule has 3 heteroatoms. The van der Waals surface area contributed by atoms with Crippen molar-refractivity contribution in [3.63, 3.8) is 0 Å². The Morgan fingerprint density at radius 3 is 2.09 bits per heavy atom. The zero-order valence-corrected chi connectivity index (χ0v) is 29.6. The molecule has 0 fully saturated rings. The predicted octanol–water partition coefficient (Wildman–Crippen LogP) is 13.2. The predicted molar refractivity (Wildman–Crippen MR) is 222 cm³/mol. The zero-order valence-electron chi connectivity index (χ0n) is 29.6. The Kier molecular flexibility index (Phi) is 7.37. The van der Waals surface area contributed by atoms with Crippen molar-refractivity contribution >= 4 is 50.1 Å². The maximum atomic E-state index is 9.62. The Labute approximate surface area is 309 Å². The van der Waals surface area contributed by atoms with Crippen molar-refractivity contribution in [3.8, 4) is 34.0 Å². The lowest BCUT2D eigenvalue weighted by atomic mass is 9.92. The van der Waals surface area contributed by atoms with Gasteiger partial charge in [0, 0.05) is 44.7 Å². The van der Waals surface area contributed by atoms with Crippen molar-refractivity contribution in [1.29, 1.82) is 5.26 Å². The third-order valence-electron chi connectivity index (χ3n) is 11.2. The quantitative estimate of drug-likeness (QED) is 0.178. The van der Waals surface area contributed by atoms with Gasteiger partial charge < -0.3 is 9.13 Å². The minimum atomic E-state index is 0.415. The molecule has 10 rings (SSSR count). The van der Waals surface area contributed by atoms with Crippen LogP contribution in [0, 0.1) is 11.3 Å². The SMILES string of the molecule is CC1CC=Cc2c1n(C1=CCCC(c3ccc(-c4ccccc4)cc3)=C1)c1ccc(-c3ccc4c(c3)c3ccccc3n4-c3cccc(C#N)c3)cc21. The third kappa shape index (κ3) is 5.18. The summed E-state index contributed by atoms with van der Waals surface area (Å²) in [6.07, 6.45) is 12.6. The number of nitriles is 1. The first-order chi connectivity index (χ1) is 26.1. The fourth-order valence-electron chi connectivity index (χ4n) is 8.68. The first-order valence-electron chi connectivity index (χ1n) is 18.6. The molecule has 2 aliphatic carbocycles. The molecule has 1 unspecified atom stereocenters. The molecule has 0 saturated heterocycles. The second-order valence-corrected chi connectivity index (χ2v) is 14.4. The number of hydrogen-bond donors (Lipinski definition) is 0. The minimum Gasteiger partial charge on any atom is -0.313 e. The van der Waals surface area contributed by atoms with Crippen molar-refractivity contribution in [2.75, 3.05) is 0 Å².